The summed E-state index contributed by atoms with van der Waals surface area (Å²) in [4.78, 5) is 4.26. The maximum atomic E-state index is 5.95. The van der Waals surface area contributed by atoms with Crippen molar-refractivity contribution >= 4 is 23.2 Å². The first-order chi connectivity index (χ1) is 8.58. The van der Waals surface area contributed by atoms with E-state index >= 15 is 0 Å². The van der Waals surface area contributed by atoms with Crippen molar-refractivity contribution in [2.24, 2.45) is 0 Å². The fourth-order valence-corrected chi connectivity index (χ4v) is 2.17. The van der Waals surface area contributed by atoms with Gasteiger partial charge in [-0.2, -0.15) is 0 Å². The lowest BCUT2D eigenvalue weighted by atomic mass is 10.1. The molecule has 1 aromatic carbocycles. The van der Waals surface area contributed by atoms with E-state index < -0.39 is 0 Å². The van der Waals surface area contributed by atoms with E-state index in [2.05, 4.69) is 11.1 Å². The van der Waals surface area contributed by atoms with E-state index in [1.807, 2.05) is 26.0 Å². The average molecular weight is 282 g/mol. The zero-order valence-corrected chi connectivity index (χ0v) is 11.7. The molecule has 0 aliphatic carbocycles. The van der Waals surface area contributed by atoms with Gasteiger partial charge in [0.2, 0.25) is 5.88 Å². The zero-order valence-electron chi connectivity index (χ0n) is 10.2. The standard InChI is InChI=1S/C14H13Cl2NO/c1-9-5-10(2)7-11(6-9)18-14-4-3-12(16)13(8-15)17-14/h3-7H,8H2,1-2H3. The number of aryl methyl sites for hydroxylation is 2. The van der Waals surface area contributed by atoms with Gasteiger partial charge in [-0.3, -0.25) is 0 Å². The van der Waals surface area contributed by atoms with Crippen LogP contribution in [0.1, 0.15) is 16.8 Å². The van der Waals surface area contributed by atoms with Crippen LogP contribution in [0.25, 0.3) is 0 Å². The predicted octanol–water partition coefficient (Wildman–Crippen LogP) is 4.88. The average Bonchev–Trinajstić information content (AvgIpc) is 2.30. The van der Waals surface area contributed by atoms with Crippen LogP contribution in [-0.4, -0.2) is 4.98 Å². The van der Waals surface area contributed by atoms with Crippen LogP contribution in [0, 0.1) is 13.8 Å². The summed E-state index contributed by atoms with van der Waals surface area (Å²) in [7, 11) is 0. The maximum absolute atomic E-state index is 5.95. The molecule has 0 bridgehead atoms. The van der Waals surface area contributed by atoms with Crippen molar-refractivity contribution in [3.05, 3.63) is 52.2 Å². The number of pyridine rings is 1. The normalized spacial score (nSPS) is 10.4. The van der Waals surface area contributed by atoms with Crippen LogP contribution < -0.4 is 4.74 Å². The summed E-state index contributed by atoms with van der Waals surface area (Å²) in [5.41, 5.74) is 2.92. The van der Waals surface area contributed by atoms with Crippen LogP contribution in [0.3, 0.4) is 0 Å². The monoisotopic (exact) mass is 281 g/mol. The lowest BCUT2D eigenvalue weighted by Gasteiger charge is -2.08. The van der Waals surface area contributed by atoms with E-state index in [4.69, 9.17) is 27.9 Å². The molecule has 2 aromatic rings. The minimum absolute atomic E-state index is 0.267. The van der Waals surface area contributed by atoms with Crippen molar-refractivity contribution in [2.45, 2.75) is 19.7 Å². The van der Waals surface area contributed by atoms with Crippen LogP contribution in [0.5, 0.6) is 11.6 Å². The van der Waals surface area contributed by atoms with Gasteiger partial charge in [-0.15, -0.1) is 11.6 Å². The van der Waals surface area contributed by atoms with Gasteiger partial charge >= 0.3 is 0 Å². The number of rotatable bonds is 3. The summed E-state index contributed by atoms with van der Waals surface area (Å²) >= 11 is 11.7. The van der Waals surface area contributed by atoms with E-state index in [-0.39, 0.29) is 5.88 Å². The second-order valence-corrected chi connectivity index (χ2v) is 4.81. The second-order valence-electron chi connectivity index (χ2n) is 4.14. The van der Waals surface area contributed by atoms with E-state index in [9.17, 15) is 0 Å². The van der Waals surface area contributed by atoms with Crippen LogP contribution in [-0.2, 0) is 5.88 Å². The van der Waals surface area contributed by atoms with Crippen molar-refractivity contribution in [3.63, 3.8) is 0 Å². The Bertz CT molecular complexity index is 549. The molecule has 0 saturated carbocycles. The highest BCUT2D eigenvalue weighted by molar-refractivity contribution is 6.32. The molecule has 0 radical (unpaired) electrons. The van der Waals surface area contributed by atoms with Crippen LogP contribution in [0.4, 0.5) is 0 Å². The molecule has 0 aliphatic heterocycles. The number of ether oxygens (including phenoxy) is 1. The summed E-state index contributed by atoms with van der Waals surface area (Å²) < 4.78 is 5.71. The molecule has 0 atom stereocenters. The molecular formula is C14H13Cl2NO. The minimum atomic E-state index is 0.267. The van der Waals surface area contributed by atoms with Crippen molar-refractivity contribution in [3.8, 4) is 11.6 Å². The van der Waals surface area contributed by atoms with Gasteiger partial charge in [0.1, 0.15) is 5.75 Å². The first kappa shape index (κ1) is 13.2. The maximum Gasteiger partial charge on any atom is 0.219 e. The quantitative estimate of drug-likeness (QED) is 0.748. The van der Waals surface area contributed by atoms with Gasteiger partial charge in [-0.1, -0.05) is 17.7 Å². The van der Waals surface area contributed by atoms with E-state index in [0.717, 1.165) is 16.9 Å². The Morgan fingerprint density at radius 2 is 1.78 bits per heavy atom. The summed E-state index contributed by atoms with van der Waals surface area (Å²) in [6.45, 7) is 4.05. The summed E-state index contributed by atoms with van der Waals surface area (Å²) in [6.07, 6.45) is 0. The molecule has 0 N–H and O–H groups in total. The second kappa shape index (κ2) is 5.59. The first-order valence-electron chi connectivity index (χ1n) is 5.56. The minimum Gasteiger partial charge on any atom is -0.439 e. The molecule has 0 spiro atoms. The Balaban J connectivity index is 2.28. The van der Waals surface area contributed by atoms with Gasteiger partial charge in [-0.25, -0.2) is 4.98 Å². The molecule has 18 heavy (non-hydrogen) atoms. The molecule has 1 aromatic heterocycles. The van der Waals surface area contributed by atoms with Crippen molar-refractivity contribution in [1.82, 2.24) is 4.98 Å². The van der Waals surface area contributed by atoms with Crippen molar-refractivity contribution in [1.29, 1.82) is 0 Å². The number of halogens is 2. The molecule has 0 fully saturated rings. The summed E-state index contributed by atoms with van der Waals surface area (Å²) in [5, 5.41) is 0.553. The highest BCUT2D eigenvalue weighted by Crippen LogP contribution is 2.25. The molecule has 0 aliphatic rings. The highest BCUT2D eigenvalue weighted by atomic mass is 35.5. The number of benzene rings is 1. The molecule has 1 heterocycles. The molecule has 0 amide bonds. The lowest BCUT2D eigenvalue weighted by Crippen LogP contribution is -1.93. The molecule has 0 saturated heterocycles. The lowest BCUT2D eigenvalue weighted by molar-refractivity contribution is 0.461. The van der Waals surface area contributed by atoms with Gasteiger partial charge in [0.15, 0.2) is 0 Å². The smallest absolute Gasteiger partial charge is 0.219 e. The van der Waals surface area contributed by atoms with E-state index in [1.165, 1.54) is 0 Å². The third kappa shape index (κ3) is 3.15. The molecule has 2 nitrogen and oxygen atoms in total. The van der Waals surface area contributed by atoms with Gasteiger partial charge in [-0.05, 0) is 43.2 Å². The van der Waals surface area contributed by atoms with Crippen molar-refractivity contribution < 1.29 is 4.74 Å². The zero-order chi connectivity index (χ0) is 13.1. The molecule has 0 unspecified atom stereocenters. The van der Waals surface area contributed by atoms with Gasteiger partial charge in [0, 0.05) is 6.07 Å². The van der Waals surface area contributed by atoms with Gasteiger partial charge < -0.3 is 4.74 Å². The Labute approximate surface area is 117 Å². The Morgan fingerprint density at radius 3 is 2.39 bits per heavy atom. The Kier molecular flexibility index (Phi) is 4.10. The van der Waals surface area contributed by atoms with Crippen LogP contribution in [0.15, 0.2) is 30.3 Å². The third-order valence-electron chi connectivity index (χ3n) is 2.44. The summed E-state index contributed by atoms with van der Waals surface area (Å²) in [5.74, 6) is 1.53. The summed E-state index contributed by atoms with van der Waals surface area (Å²) in [6, 6.07) is 9.49. The van der Waals surface area contributed by atoms with Gasteiger partial charge in [0.25, 0.3) is 0 Å². The molecular weight excluding hydrogens is 269 g/mol. The number of nitrogens with zero attached hydrogens (tertiary/aromatic N) is 1. The highest BCUT2D eigenvalue weighted by Gasteiger charge is 2.05. The first-order valence-corrected chi connectivity index (χ1v) is 6.47. The topological polar surface area (TPSA) is 22.1 Å². The number of hydrogen-bond acceptors (Lipinski definition) is 2. The predicted molar refractivity (Wildman–Crippen MR) is 74.8 cm³/mol. The largest absolute Gasteiger partial charge is 0.439 e. The number of alkyl halides is 1. The number of hydrogen-bond donors (Lipinski definition) is 0. The van der Waals surface area contributed by atoms with Crippen LogP contribution in [0.2, 0.25) is 5.02 Å². The fraction of sp³-hybridized carbons (Fsp3) is 0.214. The Hall–Kier alpha value is -1.25. The van der Waals surface area contributed by atoms with Crippen LogP contribution >= 0.6 is 23.2 Å². The Morgan fingerprint density at radius 1 is 1.11 bits per heavy atom. The van der Waals surface area contributed by atoms with Gasteiger partial charge in [0.05, 0.1) is 16.6 Å². The third-order valence-corrected chi connectivity index (χ3v) is 3.03. The molecule has 94 valence electrons. The number of aromatic nitrogens is 1. The van der Waals surface area contributed by atoms with E-state index in [1.54, 1.807) is 12.1 Å². The molecule has 2 rings (SSSR count). The fourth-order valence-electron chi connectivity index (χ4n) is 1.73. The molecule has 4 heteroatoms. The van der Waals surface area contributed by atoms with Crippen molar-refractivity contribution in [2.75, 3.05) is 0 Å². The van der Waals surface area contributed by atoms with E-state index in [0.29, 0.717) is 16.6 Å². The SMILES string of the molecule is Cc1cc(C)cc(Oc2ccc(Cl)c(CCl)n2)c1.